The zero-order chi connectivity index (χ0) is 13.8. The standard InChI is InChI=1S/C13H19N3O3/c14-12-9-11(5-6-13(12)16(18)19)15(7-8-17)10-3-1-2-4-10/h5-6,9-10,17H,1-4,7-8,14H2. The van der Waals surface area contributed by atoms with Crippen molar-refractivity contribution in [2.75, 3.05) is 23.8 Å². The topological polar surface area (TPSA) is 92.6 Å². The van der Waals surface area contributed by atoms with Crippen LogP contribution in [0.1, 0.15) is 25.7 Å². The van der Waals surface area contributed by atoms with E-state index in [9.17, 15) is 15.2 Å². The van der Waals surface area contributed by atoms with Gasteiger partial charge >= 0.3 is 0 Å². The molecule has 1 aliphatic carbocycles. The van der Waals surface area contributed by atoms with Crippen LogP contribution in [0.5, 0.6) is 0 Å². The fourth-order valence-corrected chi connectivity index (χ4v) is 2.73. The van der Waals surface area contributed by atoms with Crippen molar-refractivity contribution < 1.29 is 10.0 Å². The maximum Gasteiger partial charge on any atom is 0.292 e. The highest BCUT2D eigenvalue weighted by Gasteiger charge is 2.23. The van der Waals surface area contributed by atoms with Crippen molar-refractivity contribution in [3.63, 3.8) is 0 Å². The fourth-order valence-electron chi connectivity index (χ4n) is 2.73. The van der Waals surface area contributed by atoms with Crippen molar-refractivity contribution in [1.29, 1.82) is 0 Å². The molecule has 0 radical (unpaired) electrons. The minimum absolute atomic E-state index is 0.0629. The molecule has 0 bridgehead atoms. The second kappa shape index (κ2) is 5.88. The molecule has 104 valence electrons. The number of nitrogen functional groups attached to an aromatic ring is 1. The van der Waals surface area contributed by atoms with Gasteiger partial charge in [0.15, 0.2) is 0 Å². The molecule has 2 rings (SSSR count). The van der Waals surface area contributed by atoms with Gasteiger partial charge in [-0.1, -0.05) is 12.8 Å². The summed E-state index contributed by atoms with van der Waals surface area (Å²) in [4.78, 5) is 12.4. The van der Waals surface area contributed by atoms with Crippen molar-refractivity contribution in [3.8, 4) is 0 Å². The zero-order valence-corrected chi connectivity index (χ0v) is 10.8. The Kier molecular flexibility index (Phi) is 4.21. The average Bonchev–Trinajstić information content (AvgIpc) is 2.89. The molecular weight excluding hydrogens is 246 g/mol. The average molecular weight is 265 g/mol. The first-order valence-electron chi connectivity index (χ1n) is 6.55. The molecule has 1 saturated carbocycles. The minimum Gasteiger partial charge on any atom is -0.395 e. The predicted molar refractivity (Wildman–Crippen MR) is 74.2 cm³/mol. The molecule has 0 aliphatic heterocycles. The van der Waals surface area contributed by atoms with Gasteiger partial charge in [-0.05, 0) is 25.0 Å². The lowest BCUT2D eigenvalue weighted by Gasteiger charge is -2.30. The Bertz CT molecular complexity index is 458. The molecule has 1 aromatic carbocycles. The Balaban J connectivity index is 2.26. The quantitative estimate of drug-likeness (QED) is 0.482. The fraction of sp³-hybridized carbons (Fsp3) is 0.538. The van der Waals surface area contributed by atoms with E-state index < -0.39 is 4.92 Å². The Morgan fingerprint density at radius 1 is 1.42 bits per heavy atom. The summed E-state index contributed by atoms with van der Waals surface area (Å²) < 4.78 is 0. The maximum atomic E-state index is 10.8. The van der Waals surface area contributed by atoms with Crippen LogP contribution in [-0.4, -0.2) is 29.2 Å². The van der Waals surface area contributed by atoms with E-state index >= 15 is 0 Å². The summed E-state index contributed by atoms with van der Waals surface area (Å²) in [5.74, 6) is 0. The third kappa shape index (κ3) is 2.96. The first kappa shape index (κ1) is 13.6. The van der Waals surface area contributed by atoms with Crippen LogP contribution in [0.3, 0.4) is 0 Å². The molecule has 0 aromatic heterocycles. The molecule has 3 N–H and O–H groups in total. The van der Waals surface area contributed by atoms with E-state index in [1.807, 2.05) is 0 Å². The molecule has 1 aromatic rings. The van der Waals surface area contributed by atoms with E-state index in [0.29, 0.717) is 12.6 Å². The SMILES string of the molecule is Nc1cc(N(CCO)C2CCCC2)ccc1[N+](=O)[O-]. The van der Waals surface area contributed by atoms with Crippen LogP contribution in [0.15, 0.2) is 18.2 Å². The number of aliphatic hydroxyl groups is 1. The monoisotopic (exact) mass is 265 g/mol. The summed E-state index contributed by atoms with van der Waals surface area (Å²) >= 11 is 0. The molecular formula is C13H19N3O3. The smallest absolute Gasteiger partial charge is 0.292 e. The van der Waals surface area contributed by atoms with Crippen LogP contribution in [0.25, 0.3) is 0 Å². The van der Waals surface area contributed by atoms with E-state index in [-0.39, 0.29) is 18.0 Å². The number of hydrogen-bond acceptors (Lipinski definition) is 5. The lowest BCUT2D eigenvalue weighted by Crippen LogP contribution is -2.35. The van der Waals surface area contributed by atoms with Gasteiger partial charge in [-0.25, -0.2) is 0 Å². The first-order valence-corrected chi connectivity index (χ1v) is 6.55. The van der Waals surface area contributed by atoms with Crippen LogP contribution in [0, 0.1) is 10.1 Å². The highest BCUT2D eigenvalue weighted by atomic mass is 16.6. The lowest BCUT2D eigenvalue weighted by atomic mass is 10.1. The lowest BCUT2D eigenvalue weighted by molar-refractivity contribution is -0.383. The Morgan fingerprint density at radius 3 is 2.63 bits per heavy atom. The minimum atomic E-state index is -0.481. The molecule has 0 unspecified atom stereocenters. The summed E-state index contributed by atoms with van der Waals surface area (Å²) in [5.41, 5.74) is 6.67. The van der Waals surface area contributed by atoms with Gasteiger partial charge in [0.2, 0.25) is 0 Å². The summed E-state index contributed by atoms with van der Waals surface area (Å²) in [6.45, 7) is 0.593. The van der Waals surface area contributed by atoms with Crippen molar-refractivity contribution in [2.45, 2.75) is 31.7 Å². The highest BCUT2D eigenvalue weighted by molar-refractivity contribution is 5.67. The summed E-state index contributed by atoms with van der Waals surface area (Å²) in [6, 6.07) is 5.17. The normalized spacial score (nSPS) is 15.6. The summed E-state index contributed by atoms with van der Waals surface area (Å²) in [6.07, 6.45) is 4.57. The first-order chi connectivity index (χ1) is 9.13. The number of anilines is 2. The Morgan fingerprint density at radius 2 is 2.11 bits per heavy atom. The van der Waals surface area contributed by atoms with Crippen LogP contribution < -0.4 is 10.6 Å². The third-order valence-corrected chi connectivity index (χ3v) is 3.65. The van der Waals surface area contributed by atoms with Gasteiger partial charge in [0.05, 0.1) is 11.5 Å². The van der Waals surface area contributed by atoms with Crippen molar-refractivity contribution in [3.05, 3.63) is 28.3 Å². The molecule has 0 saturated heterocycles. The molecule has 0 atom stereocenters. The van der Waals surface area contributed by atoms with Gasteiger partial charge in [0, 0.05) is 24.3 Å². The van der Waals surface area contributed by atoms with Gasteiger partial charge < -0.3 is 15.7 Å². The number of nitro groups is 1. The molecule has 0 heterocycles. The van der Waals surface area contributed by atoms with E-state index in [1.54, 1.807) is 12.1 Å². The number of nitrogens with zero attached hydrogens (tertiary/aromatic N) is 2. The zero-order valence-electron chi connectivity index (χ0n) is 10.8. The van der Waals surface area contributed by atoms with E-state index in [4.69, 9.17) is 5.73 Å². The van der Waals surface area contributed by atoms with Gasteiger partial charge in [0.25, 0.3) is 5.69 Å². The van der Waals surface area contributed by atoms with Crippen LogP contribution in [-0.2, 0) is 0 Å². The maximum absolute atomic E-state index is 10.8. The largest absolute Gasteiger partial charge is 0.395 e. The van der Waals surface area contributed by atoms with Crippen LogP contribution in [0.2, 0.25) is 0 Å². The van der Waals surface area contributed by atoms with E-state index in [2.05, 4.69) is 4.90 Å². The van der Waals surface area contributed by atoms with Gasteiger partial charge in [-0.2, -0.15) is 0 Å². The number of nitrogens with two attached hydrogens (primary N) is 1. The Hall–Kier alpha value is -1.82. The molecule has 6 heteroatoms. The van der Waals surface area contributed by atoms with Gasteiger partial charge in [-0.15, -0.1) is 0 Å². The summed E-state index contributed by atoms with van der Waals surface area (Å²) in [7, 11) is 0. The van der Waals surface area contributed by atoms with E-state index in [1.165, 1.54) is 18.9 Å². The van der Waals surface area contributed by atoms with Crippen molar-refractivity contribution in [2.24, 2.45) is 0 Å². The third-order valence-electron chi connectivity index (χ3n) is 3.65. The molecule has 0 amide bonds. The number of benzene rings is 1. The molecule has 6 nitrogen and oxygen atoms in total. The number of nitro benzene ring substituents is 1. The molecule has 19 heavy (non-hydrogen) atoms. The van der Waals surface area contributed by atoms with Crippen LogP contribution in [0.4, 0.5) is 17.1 Å². The van der Waals surface area contributed by atoms with Gasteiger partial charge in [-0.3, -0.25) is 10.1 Å². The second-order valence-corrected chi connectivity index (χ2v) is 4.86. The number of aliphatic hydroxyl groups excluding tert-OH is 1. The number of hydrogen-bond donors (Lipinski definition) is 2. The van der Waals surface area contributed by atoms with E-state index in [0.717, 1.165) is 18.5 Å². The Labute approximate surface area is 112 Å². The highest BCUT2D eigenvalue weighted by Crippen LogP contribution is 2.32. The second-order valence-electron chi connectivity index (χ2n) is 4.86. The van der Waals surface area contributed by atoms with Gasteiger partial charge in [0.1, 0.15) is 5.69 Å². The molecule has 1 aliphatic rings. The molecule has 1 fully saturated rings. The molecule has 0 spiro atoms. The predicted octanol–water partition coefficient (Wildman–Crippen LogP) is 1.92. The number of rotatable bonds is 5. The van der Waals surface area contributed by atoms with Crippen molar-refractivity contribution >= 4 is 17.1 Å². The summed E-state index contributed by atoms with van der Waals surface area (Å²) in [5, 5.41) is 19.9. The van der Waals surface area contributed by atoms with Crippen molar-refractivity contribution in [1.82, 2.24) is 0 Å². The van der Waals surface area contributed by atoms with Crippen LogP contribution >= 0.6 is 0 Å².